The SMILES string of the molecule is C=CC(=O)N(c1cccc(-n2cc3ccccc3n2)c1)c1cccc(-n2cc3ccccc3n2)c1. The molecule has 0 unspecified atom stereocenters. The predicted molar refractivity (Wildman–Crippen MR) is 139 cm³/mol. The lowest BCUT2D eigenvalue weighted by Crippen LogP contribution is -2.24. The molecule has 0 spiro atoms. The molecular formula is C29H21N5O. The number of carbonyl (C=O) groups excluding carboxylic acids is 1. The number of nitrogens with zero attached hydrogens (tertiary/aromatic N) is 5. The molecule has 6 heteroatoms. The zero-order valence-electron chi connectivity index (χ0n) is 18.8. The van der Waals surface area contributed by atoms with Crippen LogP contribution in [0.1, 0.15) is 0 Å². The first-order valence-corrected chi connectivity index (χ1v) is 11.3. The van der Waals surface area contributed by atoms with Crippen molar-refractivity contribution in [3.05, 3.63) is 122 Å². The molecule has 6 rings (SSSR count). The number of hydrogen-bond acceptors (Lipinski definition) is 3. The summed E-state index contributed by atoms with van der Waals surface area (Å²) in [5.41, 5.74) is 4.97. The van der Waals surface area contributed by atoms with Crippen LogP contribution >= 0.6 is 0 Å². The van der Waals surface area contributed by atoms with Gasteiger partial charge in [-0.3, -0.25) is 9.69 Å². The fraction of sp³-hybridized carbons (Fsp3) is 0. The lowest BCUT2D eigenvalue weighted by Gasteiger charge is -2.23. The van der Waals surface area contributed by atoms with Crippen molar-refractivity contribution >= 4 is 39.1 Å². The minimum absolute atomic E-state index is 0.226. The average molecular weight is 456 g/mol. The summed E-state index contributed by atoms with van der Waals surface area (Å²) >= 11 is 0. The number of amides is 1. The Morgan fingerprint density at radius 2 is 1.17 bits per heavy atom. The second-order valence-electron chi connectivity index (χ2n) is 8.18. The van der Waals surface area contributed by atoms with Crippen molar-refractivity contribution in [1.29, 1.82) is 0 Å². The molecule has 2 heterocycles. The Bertz CT molecular complexity index is 1530. The number of rotatable bonds is 5. The van der Waals surface area contributed by atoms with E-state index in [1.165, 1.54) is 6.08 Å². The Labute approximate surface area is 202 Å². The molecule has 0 aliphatic carbocycles. The summed E-state index contributed by atoms with van der Waals surface area (Å²) in [4.78, 5) is 14.7. The first-order valence-electron chi connectivity index (χ1n) is 11.3. The fourth-order valence-corrected chi connectivity index (χ4v) is 4.24. The Hall–Kier alpha value is -4.97. The molecule has 2 aromatic heterocycles. The molecule has 168 valence electrons. The lowest BCUT2D eigenvalue weighted by molar-refractivity contribution is -0.113. The van der Waals surface area contributed by atoms with E-state index >= 15 is 0 Å². The van der Waals surface area contributed by atoms with Crippen molar-refractivity contribution in [2.24, 2.45) is 0 Å². The number of hydrogen-bond donors (Lipinski definition) is 0. The average Bonchev–Trinajstić information content (AvgIpc) is 3.54. The van der Waals surface area contributed by atoms with Crippen molar-refractivity contribution < 1.29 is 4.79 Å². The van der Waals surface area contributed by atoms with Crippen molar-refractivity contribution in [3.63, 3.8) is 0 Å². The third-order valence-electron chi connectivity index (χ3n) is 5.93. The minimum Gasteiger partial charge on any atom is -0.277 e. The van der Waals surface area contributed by atoms with Crippen LogP contribution in [-0.2, 0) is 4.79 Å². The third kappa shape index (κ3) is 3.77. The summed E-state index contributed by atoms with van der Waals surface area (Å²) < 4.78 is 3.66. The highest BCUT2D eigenvalue weighted by molar-refractivity contribution is 6.07. The van der Waals surface area contributed by atoms with Crippen LogP contribution in [0.25, 0.3) is 33.2 Å². The number of carbonyl (C=O) groups is 1. The van der Waals surface area contributed by atoms with Crippen LogP contribution in [0.3, 0.4) is 0 Å². The molecule has 35 heavy (non-hydrogen) atoms. The maximum absolute atomic E-state index is 13.1. The number of anilines is 2. The van der Waals surface area contributed by atoms with Gasteiger partial charge in [-0.15, -0.1) is 0 Å². The Kier molecular flexibility index (Phi) is 4.96. The van der Waals surface area contributed by atoms with E-state index in [-0.39, 0.29) is 5.91 Å². The maximum Gasteiger partial charge on any atom is 0.254 e. The van der Waals surface area contributed by atoms with E-state index in [4.69, 9.17) is 0 Å². The molecule has 1 amide bonds. The maximum atomic E-state index is 13.1. The largest absolute Gasteiger partial charge is 0.277 e. The van der Waals surface area contributed by atoms with Gasteiger partial charge in [0.05, 0.1) is 33.8 Å². The molecule has 0 atom stereocenters. The van der Waals surface area contributed by atoms with Crippen LogP contribution in [0.4, 0.5) is 11.4 Å². The summed E-state index contributed by atoms with van der Waals surface area (Å²) in [6.07, 6.45) is 5.29. The van der Waals surface area contributed by atoms with Gasteiger partial charge in [0.2, 0.25) is 0 Å². The highest BCUT2D eigenvalue weighted by atomic mass is 16.2. The van der Waals surface area contributed by atoms with Crippen LogP contribution in [0.2, 0.25) is 0 Å². The van der Waals surface area contributed by atoms with Crippen LogP contribution < -0.4 is 4.90 Å². The van der Waals surface area contributed by atoms with E-state index in [1.807, 2.05) is 119 Å². The first kappa shape index (κ1) is 20.6. The molecule has 0 aliphatic heterocycles. The molecule has 6 nitrogen and oxygen atoms in total. The van der Waals surface area contributed by atoms with Gasteiger partial charge in [-0.2, -0.15) is 10.2 Å². The summed E-state index contributed by atoms with van der Waals surface area (Å²) in [6.45, 7) is 3.73. The van der Waals surface area contributed by atoms with E-state index in [2.05, 4.69) is 16.8 Å². The Morgan fingerprint density at radius 1 is 0.686 bits per heavy atom. The molecule has 0 fully saturated rings. The van der Waals surface area contributed by atoms with Crippen LogP contribution in [-0.4, -0.2) is 25.5 Å². The van der Waals surface area contributed by atoms with Crippen LogP contribution in [0.5, 0.6) is 0 Å². The van der Waals surface area contributed by atoms with Gasteiger partial charge in [0.1, 0.15) is 0 Å². The van der Waals surface area contributed by atoms with E-state index in [0.29, 0.717) is 0 Å². The normalized spacial score (nSPS) is 11.1. The number of fused-ring (bicyclic) bond motifs is 2. The van der Waals surface area contributed by atoms with E-state index < -0.39 is 0 Å². The van der Waals surface area contributed by atoms with Crippen molar-refractivity contribution in [2.45, 2.75) is 0 Å². The second kappa shape index (κ2) is 8.43. The summed E-state index contributed by atoms with van der Waals surface area (Å²) in [5, 5.41) is 11.5. The zero-order valence-corrected chi connectivity index (χ0v) is 18.8. The van der Waals surface area contributed by atoms with Gasteiger partial charge in [-0.1, -0.05) is 55.1 Å². The summed E-state index contributed by atoms with van der Waals surface area (Å²) in [6, 6.07) is 31.4. The van der Waals surface area contributed by atoms with Gasteiger partial charge in [-0.25, -0.2) is 9.36 Å². The van der Waals surface area contributed by atoms with Crippen LogP contribution in [0.15, 0.2) is 122 Å². The molecule has 0 saturated heterocycles. The van der Waals surface area contributed by atoms with E-state index in [1.54, 1.807) is 4.90 Å². The second-order valence-corrected chi connectivity index (χ2v) is 8.18. The first-order chi connectivity index (χ1) is 17.2. The van der Waals surface area contributed by atoms with Gasteiger partial charge in [-0.05, 0) is 54.6 Å². The van der Waals surface area contributed by atoms with Gasteiger partial charge >= 0.3 is 0 Å². The lowest BCUT2D eigenvalue weighted by atomic mass is 10.2. The molecule has 0 radical (unpaired) electrons. The highest BCUT2D eigenvalue weighted by Gasteiger charge is 2.17. The molecule has 0 N–H and O–H groups in total. The van der Waals surface area contributed by atoms with Crippen molar-refractivity contribution in [2.75, 3.05) is 4.90 Å². The minimum atomic E-state index is -0.226. The zero-order chi connectivity index (χ0) is 23.8. The fourth-order valence-electron chi connectivity index (χ4n) is 4.24. The molecule has 0 saturated carbocycles. The third-order valence-corrected chi connectivity index (χ3v) is 5.93. The molecular weight excluding hydrogens is 434 g/mol. The number of aromatic nitrogens is 4. The van der Waals surface area contributed by atoms with E-state index in [0.717, 1.165) is 44.6 Å². The molecule has 6 aromatic rings. The predicted octanol–water partition coefficient (Wildman–Crippen LogP) is 6.22. The summed E-state index contributed by atoms with van der Waals surface area (Å²) in [7, 11) is 0. The Morgan fingerprint density at radius 3 is 1.63 bits per heavy atom. The molecule has 0 aliphatic rings. The smallest absolute Gasteiger partial charge is 0.254 e. The highest BCUT2D eigenvalue weighted by Crippen LogP contribution is 2.30. The monoisotopic (exact) mass is 455 g/mol. The topological polar surface area (TPSA) is 56.0 Å². The molecule has 4 aromatic carbocycles. The van der Waals surface area contributed by atoms with Gasteiger partial charge in [0.25, 0.3) is 5.91 Å². The van der Waals surface area contributed by atoms with Crippen LogP contribution in [0, 0.1) is 0 Å². The molecule has 0 bridgehead atoms. The van der Waals surface area contributed by atoms with Gasteiger partial charge < -0.3 is 0 Å². The summed E-state index contributed by atoms with van der Waals surface area (Å²) in [5.74, 6) is -0.226. The number of benzene rings is 4. The Balaban J connectivity index is 1.42. The van der Waals surface area contributed by atoms with Crippen molar-refractivity contribution in [1.82, 2.24) is 19.6 Å². The van der Waals surface area contributed by atoms with Gasteiger partial charge in [0.15, 0.2) is 0 Å². The van der Waals surface area contributed by atoms with Crippen molar-refractivity contribution in [3.8, 4) is 11.4 Å². The quantitative estimate of drug-likeness (QED) is 0.290. The standard InChI is InChI=1S/C29H21N5O/c1-2-29(35)34(25-13-7-11-23(17-25)32-19-21-9-3-5-15-27(21)30-32)26-14-8-12-24(18-26)33-20-22-10-4-6-16-28(22)31-33/h2-20H,1H2. The van der Waals surface area contributed by atoms with Gasteiger partial charge in [0, 0.05) is 23.2 Å². The van der Waals surface area contributed by atoms with E-state index in [9.17, 15) is 4.79 Å².